The van der Waals surface area contributed by atoms with E-state index in [1.54, 1.807) is 0 Å². The molecule has 25 heavy (non-hydrogen) atoms. The Morgan fingerprint density at radius 3 is 1.88 bits per heavy atom. The molecule has 1 radical (unpaired) electrons. The molecule has 0 saturated heterocycles. The van der Waals surface area contributed by atoms with E-state index < -0.39 is 18.1 Å². The summed E-state index contributed by atoms with van der Waals surface area (Å²) in [5.74, 6) is -0.675. The maximum atomic E-state index is 11.7. The van der Waals surface area contributed by atoms with E-state index in [1.807, 2.05) is 60.7 Å². The number of carbonyl (C=O) groups excluding carboxylic acids is 1. The summed E-state index contributed by atoms with van der Waals surface area (Å²) in [6.45, 7) is 3.71. The molecule has 0 fully saturated rings. The van der Waals surface area contributed by atoms with Crippen molar-refractivity contribution in [2.75, 3.05) is 0 Å². The Morgan fingerprint density at radius 2 is 1.40 bits per heavy atom. The van der Waals surface area contributed by atoms with E-state index >= 15 is 0 Å². The zero-order valence-electron chi connectivity index (χ0n) is 13.7. The van der Waals surface area contributed by atoms with Gasteiger partial charge in [0.1, 0.15) is 18.7 Å². The minimum absolute atomic E-state index is 0. The Morgan fingerprint density at radius 1 is 0.960 bits per heavy atom. The molecule has 0 amide bonds. The van der Waals surface area contributed by atoms with E-state index in [9.17, 15) is 9.90 Å². The average Bonchev–Trinajstić information content (AvgIpc) is 2.59. The molecule has 0 N–H and O–H groups in total. The van der Waals surface area contributed by atoms with Gasteiger partial charge >= 0.3 is 5.97 Å². The van der Waals surface area contributed by atoms with E-state index in [-0.39, 0.29) is 56.7 Å². The summed E-state index contributed by atoms with van der Waals surface area (Å²) in [4.78, 5) is 15.3. The first-order chi connectivity index (χ1) is 11.1. The number of rotatable bonds is 6. The second kappa shape index (κ2) is 12.8. The van der Waals surface area contributed by atoms with Crippen LogP contribution in [0, 0.1) is 6.92 Å². The maximum absolute atomic E-state index is 11.7. The maximum Gasteiger partial charge on any atom is 0.331 e. The van der Waals surface area contributed by atoms with Gasteiger partial charge in [0.2, 0.25) is 0 Å². The van der Waals surface area contributed by atoms with Gasteiger partial charge in [-0.1, -0.05) is 60.7 Å². The summed E-state index contributed by atoms with van der Waals surface area (Å²) < 4.78 is 10.0. The van der Waals surface area contributed by atoms with Gasteiger partial charge < -0.3 is 14.6 Å². The number of ether oxygens (including phenoxy) is 2. The number of hydrogen-bond acceptors (Lipinski definition) is 5. The molecule has 0 bridgehead atoms. The molecule has 0 spiro atoms. The van der Waals surface area contributed by atoms with Crippen LogP contribution in [0.5, 0.6) is 0 Å². The Hall–Kier alpha value is -1.47. The van der Waals surface area contributed by atoms with Crippen molar-refractivity contribution in [3.63, 3.8) is 0 Å². The predicted octanol–water partition coefficient (Wildman–Crippen LogP) is 2.48. The summed E-state index contributed by atoms with van der Waals surface area (Å²) in [6.07, 6.45) is -0.842. The Labute approximate surface area is 177 Å². The van der Waals surface area contributed by atoms with Crippen LogP contribution in [0.15, 0.2) is 65.7 Å². The third-order valence-electron chi connectivity index (χ3n) is 2.96. The average molecular weight is 505 g/mol. The molecule has 0 aliphatic rings. The Balaban J connectivity index is 0.00000288. The van der Waals surface area contributed by atoms with Crippen LogP contribution in [0.3, 0.4) is 0 Å². The van der Waals surface area contributed by atoms with E-state index in [1.165, 1.54) is 0 Å². The van der Waals surface area contributed by atoms with Crippen molar-refractivity contribution in [1.29, 1.82) is 0 Å². The summed E-state index contributed by atoms with van der Waals surface area (Å²) in [5, 5.41) is 11.6. The SMILES string of the molecule is I.[CH2][C@H](N=C([O-])OCc1ccccc1)C(=O)OCc1ccccc1.[Zn]. The molecule has 0 aromatic heterocycles. The zero-order valence-corrected chi connectivity index (χ0v) is 19.0. The molecule has 0 saturated carbocycles. The van der Waals surface area contributed by atoms with Crippen molar-refractivity contribution in [3.05, 3.63) is 78.7 Å². The quantitative estimate of drug-likeness (QED) is 0.199. The van der Waals surface area contributed by atoms with E-state index in [0.717, 1.165) is 11.1 Å². The fourth-order valence-corrected chi connectivity index (χ4v) is 1.76. The van der Waals surface area contributed by atoms with Crippen LogP contribution in [0.25, 0.3) is 0 Å². The molecular formula is C18H18INO4Zn-. The van der Waals surface area contributed by atoms with Gasteiger partial charge in [-0.3, -0.25) is 4.99 Å². The molecular weight excluding hydrogens is 486 g/mol. The monoisotopic (exact) mass is 503 g/mol. The minimum Gasteiger partial charge on any atom is -0.596 e. The van der Waals surface area contributed by atoms with Crippen LogP contribution in [-0.4, -0.2) is 18.1 Å². The van der Waals surface area contributed by atoms with Gasteiger partial charge in [-0.05, 0) is 18.1 Å². The van der Waals surface area contributed by atoms with Crippen LogP contribution < -0.4 is 5.11 Å². The molecule has 0 aliphatic carbocycles. The number of aliphatic imine (C=N–C) groups is 1. The minimum atomic E-state index is -1.15. The number of halogens is 1. The fraction of sp³-hybridized carbons (Fsp3) is 0.167. The first kappa shape index (κ1) is 23.5. The number of hydrogen-bond donors (Lipinski definition) is 0. The van der Waals surface area contributed by atoms with E-state index in [0.29, 0.717) is 0 Å². The van der Waals surface area contributed by atoms with Crippen molar-refractivity contribution >= 4 is 36.0 Å². The molecule has 2 rings (SSSR count). The van der Waals surface area contributed by atoms with E-state index in [2.05, 4.69) is 11.9 Å². The molecule has 7 heteroatoms. The Bertz CT molecular complexity index is 653. The van der Waals surface area contributed by atoms with Gasteiger partial charge in [-0.2, -0.15) is 0 Å². The third kappa shape index (κ3) is 8.98. The van der Waals surface area contributed by atoms with Gasteiger partial charge in [-0.25, -0.2) is 4.79 Å². The van der Waals surface area contributed by atoms with Crippen LogP contribution in [0.4, 0.5) is 0 Å². The summed E-state index contributed by atoms with van der Waals surface area (Å²) >= 11 is 0. The number of benzene rings is 2. The van der Waals surface area contributed by atoms with Crippen molar-refractivity contribution in [1.82, 2.24) is 0 Å². The molecule has 2 aromatic rings. The van der Waals surface area contributed by atoms with Gasteiger partial charge in [0.05, 0.1) is 0 Å². The Kier molecular flexibility index (Phi) is 12.1. The first-order valence-electron chi connectivity index (χ1n) is 7.10. The number of esters is 1. The molecule has 1 atom stereocenters. The smallest absolute Gasteiger partial charge is 0.331 e. The zero-order chi connectivity index (χ0) is 16.5. The first-order valence-corrected chi connectivity index (χ1v) is 7.10. The second-order valence-electron chi connectivity index (χ2n) is 4.78. The van der Waals surface area contributed by atoms with Gasteiger partial charge in [0, 0.05) is 26.1 Å². The molecule has 0 unspecified atom stereocenters. The topological polar surface area (TPSA) is 71.0 Å². The van der Waals surface area contributed by atoms with Gasteiger partial charge in [-0.15, -0.1) is 24.0 Å². The van der Waals surface area contributed by atoms with Gasteiger partial charge in [0.15, 0.2) is 0 Å². The predicted molar refractivity (Wildman–Crippen MR) is 99.5 cm³/mol. The van der Waals surface area contributed by atoms with E-state index in [4.69, 9.17) is 9.47 Å². The van der Waals surface area contributed by atoms with Crippen molar-refractivity contribution in [2.45, 2.75) is 19.3 Å². The molecule has 2 aromatic carbocycles. The van der Waals surface area contributed by atoms with Crippen LogP contribution in [0.2, 0.25) is 0 Å². The number of nitrogens with zero attached hydrogens (tertiary/aromatic N) is 1. The van der Waals surface area contributed by atoms with Crippen LogP contribution in [-0.2, 0) is 47.0 Å². The molecule has 5 nitrogen and oxygen atoms in total. The fourth-order valence-electron chi connectivity index (χ4n) is 1.76. The third-order valence-corrected chi connectivity index (χ3v) is 2.96. The summed E-state index contributed by atoms with van der Waals surface area (Å²) in [7, 11) is 0. The number of carbonyl (C=O) groups is 1. The van der Waals surface area contributed by atoms with Crippen molar-refractivity contribution < 1.29 is 38.9 Å². The molecule has 129 valence electrons. The second-order valence-corrected chi connectivity index (χ2v) is 4.78. The van der Waals surface area contributed by atoms with Crippen LogP contribution >= 0.6 is 24.0 Å². The molecule has 0 heterocycles. The normalized spacial score (nSPS) is 11.5. The van der Waals surface area contributed by atoms with Gasteiger partial charge in [0.25, 0.3) is 0 Å². The summed E-state index contributed by atoms with van der Waals surface area (Å²) in [5.41, 5.74) is 1.68. The summed E-state index contributed by atoms with van der Waals surface area (Å²) in [6, 6.07) is 17.3. The largest absolute Gasteiger partial charge is 0.596 e. The van der Waals surface area contributed by atoms with Crippen LogP contribution in [0.1, 0.15) is 11.1 Å². The standard InChI is InChI=1S/C18H18NO4.HI.Zn/c1-14(17(20)22-12-15-8-4-2-5-9-15)19-18(21)23-13-16-10-6-3-7-11-16;;/h2-11,14H,1,12-13H2,(H,19,21);1H;/p-1/t14-;;/m0../s1. The van der Waals surface area contributed by atoms with Crippen molar-refractivity contribution in [2.24, 2.45) is 4.99 Å². The molecule has 0 aliphatic heterocycles. The van der Waals surface area contributed by atoms with Crippen molar-refractivity contribution in [3.8, 4) is 0 Å².